The number of methoxy groups -OCH3 is 2. The third kappa shape index (κ3) is 8.29. The number of fused-ring (bicyclic) bond motifs is 1. The first-order valence-electron chi connectivity index (χ1n) is 14.5. The molecule has 0 radical (unpaired) electrons. The molecule has 1 N–H and O–H groups in total. The molecule has 0 aliphatic rings. The Kier molecular flexibility index (Phi) is 10.6. The number of rotatable bonds is 11. The summed E-state index contributed by atoms with van der Waals surface area (Å²) in [5.74, 6) is -3.84. The maximum atomic E-state index is 14.1. The van der Waals surface area contributed by atoms with Gasteiger partial charge in [-0.1, -0.05) is 78.9 Å². The molecule has 10 heteroatoms. The number of H-pyrrole nitrogens is 1. The van der Waals surface area contributed by atoms with Crippen molar-refractivity contribution in [2.24, 2.45) is 0 Å². The van der Waals surface area contributed by atoms with Crippen molar-refractivity contribution in [3.8, 4) is 0 Å². The molecule has 3 aromatic carbocycles. The second-order valence-electron chi connectivity index (χ2n) is 11.4. The van der Waals surface area contributed by atoms with E-state index in [4.69, 9.17) is 18.9 Å². The van der Waals surface area contributed by atoms with Gasteiger partial charge in [0, 0.05) is 29.6 Å². The van der Waals surface area contributed by atoms with E-state index < -0.39 is 41.6 Å². The summed E-state index contributed by atoms with van der Waals surface area (Å²) in [5.41, 5.74) is 1.92. The van der Waals surface area contributed by atoms with Crippen LogP contribution >= 0.6 is 0 Å². The second-order valence-corrected chi connectivity index (χ2v) is 11.4. The Morgan fingerprint density at radius 2 is 1.31 bits per heavy atom. The monoisotopic (exact) mass is 614 g/mol. The Labute approximate surface area is 262 Å². The van der Waals surface area contributed by atoms with Gasteiger partial charge in [-0.05, 0) is 43.5 Å². The van der Waals surface area contributed by atoms with Crippen LogP contribution in [0.4, 0.5) is 4.79 Å². The van der Waals surface area contributed by atoms with Crippen LogP contribution < -0.4 is 0 Å². The molecule has 0 aliphatic heterocycles. The van der Waals surface area contributed by atoms with E-state index in [9.17, 15) is 19.2 Å². The largest absolute Gasteiger partial charge is 0.468 e. The summed E-state index contributed by atoms with van der Waals surface area (Å²) >= 11 is 0. The standard InChI is InChI=1S/C35H38N2O8/c1-35(2,3)45-34(41)37(21-23-14-8-6-9-15-23)28(31(38)44-22-24-16-10-7-11-17-24)20-26-25-18-12-13-19-27(25)36-30(26)29(32(39)42-4)33(40)43-5/h6-19,28-29,36H,20-22H2,1-5H3/t28-/m0/s1. The number of amides is 1. The number of nitrogens with zero attached hydrogens (tertiary/aromatic N) is 1. The first-order valence-corrected chi connectivity index (χ1v) is 14.5. The van der Waals surface area contributed by atoms with Gasteiger partial charge in [-0.2, -0.15) is 0 Å². The van der Waals surface area contributed by atoms with Crippen molar-refractivity contribution in [2.75, 3.05) is 14.2 Å². The number of nitrogens with one attached hydrogen (secondary N) is 1. The summed E-state index contributed by atoms with van der Waals surface area (Å²) < 4.78 is 21.5. The van der Waals surface area contributed by atoms with Gasteiger partial charge in [0.25, 0.3) is 0 Å². The molecule has 1 atom stereocenters. The molecule has 0 spiro atoms. The van der Waals surface area contributed by atoms with E-state index in [0.717, 1.165) is 11.1 Å². The van der Waals surface area contributed by atoms with Gasteiger partial charge in [-0.15, -0.1) is 0 Å². The van der Waals surface area contributed by atoms with Crippen LogP contribution in [-0.4, -0.2) is 59.7 Å². The quantitative estimate of drug-likeness (QED) is 0.130. The Morgan fingerprint density at radius 1 is 0.756 bits per heavy atom. The van der Waals surface area contributed by atoms with E-state index in [0.29, 0.717) is 16.5 Å². The Morgan fingerprint density at radius 3 is 1.89 bits per heavy atom. The van der Waals surface area contributed by atoms with Crippen LogP contribution in [0.15, 0.2) is 84.9 Å². The number of carbonyl (C=O) groups excluding carboxylic acids is 4. The van der Waals surface area contributed by atoms with E-state index in [1.165, 1.54) is 19.1 Å². The summed E-state index contributed by atoms with van der Waals surface area (Å²) in [6.45, 7) is 5.21. The Hall–Kier alpha value is -5.12. The molecule has 1 amide bonds. The lowest BCUT2D eigenvalue weighted by molar-refractivity contribution is -0.154. The van der Waals surface area contributed by atoms with Crippen molar-refractivity contribution in [1.82, 2.24) is 9.88 Å². The van der Waals surface area contributed by atoms with E-state index in [1.807, 2.05) is 60.7 Å². The van der Waals surface area contributed by atoms with Gasteiger partial charge in [0.2, 0.25) is 0 Å². The average Bonchev–Trinajstić information content (AvgIpc) is 3.38. The molecule has 0 unspecified atom stereocenters. The number of aromatic nitrogens is 1. The average molecular weight is 615 g/mol. The van der Waals surface area contributed by atoms with Gasteiger partial charge in [-0.3, -0.25) is 14.5 Å². The number of para-hydroxylation sites is 1. The highest BCUT2D eigenvalue weighted by molar-refractivity contribution is 6.02. The normalized spacial score (nSPS) is 12.0. The second kappa shape index (κ2) is 14.6. The molecule has 10 nitrogen and oxygen atoms in total. The highest BCUT2D eigenvalue weighted by Crippen LogP contribution is 2.32. The van der Waals surface area contributed by atoms with Gasteiger partial charge in [0.15, 0.2) is 5.92 Å². The van der Waals surface area contributed by atoms with Gasteiger partial charge in [0.1, 0.15) is 18.2 Å². The Bertz CT molecular complexity index is 1610. The van der Waals surface area contributed by atoms with Crippen LogP contribution in [0.5, 0.6) is 0 Å². The molecule has 0 bridgehead atoms. The van der Waals surface area contributed by atoms with Crippen molar-refractivity contribution in [2.45, 2.75) is 57.9 Å². The highest BCUT2D eigenvalue weighted by atomic mass is 16.6. The van der Waals surface area contributed by atoms with Crippen molar-refractivity contribution in [3.63, 3.8) is 0 Å². The molecule has 0 fully saturated rings. The fourth-order valence-electron chi connectivity index (χ4n) is 5.00. The third-order valence-electron chi connectivity index (χ3n) is 7.10. The molecule has 45 heavy (non-hydrogen) atoms. The molecule has 1 heterocycles. The van der Waals surface area contributed by atoms with E-state index >= 15 is 0 Å². The number of hydrogen-bond donors (Lipinski definition) is 1. The molecule has 0 saturated heterocycles. The van der Waals surface area contributed by atoms with Crippen LogP contribution in [0.1, 0.15) is 49.1 Å². The summed E-state index contributed by atoms with van der Waals surface area (Å²) in [7, 11) is 2.35. The Balaban J connectivity index is 1.86. The first-order chi connectivity index (χ1) is 21.5. The fourth-order valence-corrected chi connectivity index (χ4v) is 5.00. The lowest BCUT2D eigenvalue weighted by Crippen LogP contribution is -2.48. The van der Waals surface area contributed by atoms with Crippen LogP contribution in [-0.2, 0) is 52.9 Å². The van der Waals surface area contributed by atoms with Crippen molar-refractivity contribution in [1.29, 1.82) is 0 Å². The molecule has 4 aromatic rings. The number of esters is 3. The number of carbonyl (C=O) groups is 4. The van der Waals surface area contributed by atoms with Crippen LogP contribution in [0, 0.1) is 0 Å². The van der Waals surface area contributed by atoms with Gasteiger partial charge < -0.3 is 23.9 Å². The van der Waals surface area contributed by atoms with Gasteiger partial charge >= 0.3 is 24.0 Å². The molecule has 236 valence electrons. The number of benzene rings is 3. The summed E-state index contributed by atoms with van der Waals surface area (Å²) in [6.07, 6.45) is -0.851. The smallest absolute Gasteiger partial charge is 0.411 e. The SMILES string of the molecule is COC(=O)C(C(=O)OC)c1[nH]c2ccccc2c1C[C@@H](C(=O)OCc1ccccc1)N(Cc1ccccc1)C(=O)OC(C)(C)C. The maximum absolute atomic E-state index is 14.1. The molecule has 1 aromatic heterocycles. The molecule has 0 aliphatic carbocycles. The number of aromatic amines is 1. The van der Waals surface area contributed by atoms with Crippen LogP contribution in [0.25, 0.3) is 10.9 Å². The highest BCUT2D eigenvalue weighted by Gasteiger charge is 2.39. The van der Waals surface area contributed by atoms with Gasteiger partial charge in [-0.25, -0.2) is 9.59 Å². The first kappa shape index (κ1) is 32.8. The number of hydrogen-bond acceptors (Lipinski definition) is 8. The third-order valence-corrected chi connectivity index (χ3v) is 7.10. The van der Waals surface area contributed by atoms with Crippen LogP contribution in [0.3, 0.4) is 0 Å². The zero-order valence-corrected chi connectivity index (χ0v) is 26.1. The van der Waals surface area contributed by atoms with Crippen molar-refractivity contribution < 1.29 is 38.1 Å². The number of ether oxygens (including phenoxy) is 4. The zero-order chi connectivity index (χ0) is 32.6. The van der Waals surface area contributed by atoms with Crippen molar-refractivity contribution in [3.05, 3.63) is 107 Å². The molecular formula is C35H38N2O8. The lowest BCUT2D eigenvalue weighted by atomic mass is 9.94. The van der Waals surface area contributed by atoms with E-state index in [-0.39, 0.29) is 25.3 Å². The van der Waals surface area contributed by atoms with Gasteiger partial charge in [0.05, 0.1) is 14.2 Å². The zero-order valence-electron chi connectivity index (χ0n) is 26.1. The van der Waals surface area contributed by atoms with Crippen molar-refractivity contribution >= 4 is 34.9 Å². The summed E-state index contributed by atoms with van der Waals surface area (Å²) in [5, 5.41) is 0.648. The molecule has 4 rings (SSSR count). The summed E-state index contributed by atoms with van der Waals surface area (Å²) in [6, 6.07) is 24.3. The van der Waals surface area contributed by atoms with E-state index in [2.05, 4.69) is 4.98 Å². The summed E-state index contributed by atoms with van der Waals surface area (Å²) in [4.78, 5) is 58.3. The predicted octanol–water partition coefficient (Wildman–Crippen LogP) is 5.69. The maximum Gasteiger partial charge on any atom is 0.411 e. The molecule has 0 saturated carbocycles. The fraction of sp³-hybridized carbons (Fsp3) is 0.314. The van der Waals surface area contributed by atoms with Crippen LogP contribution in [0.2, 0.25) is 0 Å². The lowest BCUT2D eigenvalue weighted by Gasteiger charge is -2.33. The minimum absolute atomic E-state index is 0.0238. The van der Waals surface area contributed by atoms with E-state index in [1.54, 1.807) is 45.0 Å². The minimum atomic E-state index is -1.47. The minimum Gasteiger partial charge on any atom is -0.468 e. The topological polar surface area (TPSA) is 124 Å². The molecular weight excluding hydrogens is 576 g/mol. The predicted molar refractivity (Wildman–Crippen MR) is 167 cm³/mol.